The van der Waals surface area contributed by atoms with Crippen molar-refractivity contribution in [3.63, 3.8) is 0 Å². The summed E-state index contributed by atoms with van der Waals surface area (Å²) in [7, 11) is 1.74. The van der Waals surface area contributed by atoms with Gasteiger partial charge in [-0.15, -0.1) is 0 Å². The molecule has 0 saturated carbocycles. The van der Waals surface area contributed by atoms with Gasteiger partial charge in [0, 0.05) is 68.8 Å². The number of carbonyl (C=O) groups is 3. The zero-order chi connectivity index (χ0) is 35.0. The number of para-hydroxylation sites is 1. The molecule has 50 heavy (non-hydrogen) atoms. The third-order valence-electron chi connectivity index (χ3n) is 8.97. The van der Waals surface area contributed by atoms with E-state index in [0.29, 0.717) is 48.1 Å². The number of benzene rings is 2. The highest BCUT2D eigenvalue weighted by Gasteiger charge is 2.20. The van der Waals surface area contributed by atoms with Crippen molar-refractivity contribution < 1.29 is 19.1 Å². The third-order valence-corrected chi connectivity index (χ3v) is 8.97. The molecule has 1 aliphatic heterocycles. The van der Waals surface area contributed by atoms with Crippen LogP contribution in [0.15, 0.2) is 85.3 Å². The molecule has 0 bridgehead atoms. The Hall–Kier alpha value is -5.52. The van der Waals surface area contributed by atoms with Gasteiger partial charge in [0.2, 0.25) is 0 Å². The molecule has 1 fully saturated rings. The number of pyridine rings is 1. The molecule has 5 aromatic rings. The smallest absolute Gasteiger partial charge is 0.272 e. The van der Waals surface area contributed by atoms with Crippen molar-refractivity contribution >= 4 is 52.2 Å². The van der Waals surface area contributed by atoms with E-state index in [2.05, 4.69) is 38.8 Å². The van der Waals surface area contributed by atoms with Crippen LogP contribution in [0, 0.1) is 0 Å². The lowest BCUT2D eigenvalue weighted by atomic mass is 10.1. The molecule has 1 unspecified atom stereocenters. The number of amides is 3. The summed E-state index contributed by atoms with van der Waals surface area (Å²) in [6, 6.07) is 20.8. The van der Waals surface area contributed by atoms with Crippen LogP contribution >= 0.6 is 0 Å². The lowest BCUT2D eigenvalue weighted by molar-refractivity contribution is 0.0383. The fourth-order valence-electron chi connectivity index (χ4n) is 5.91. The number of morpholine rings is 1. The molecule has 3 N–H and O–H groups in total. The first kappa shape index (κ1) is 34.3. The Bertz CT molecular complexity index is 2000. The first-order chi connectivity index (χ1) is 24.3. The van der Waals surface area contributed by atoms with Crippen molar-refractivity contribution in [3.8, 4) is 0 Å². The molecule has 2 aromatic carbocycles. The van der Waals surface area contributed by atoms with E-state index in [9.17, 15) is 14.4 Å². The minimum Gasteiger partial charge on any atom is -0.379 e. The van der Waals surface area contributed by atoms with Gasteiger partial charge in [0.05, 0.1) is 30.1 Å². The van der Waals surface area contributed by atoms with Gasteiger partial charge in [0.25, 0.3) is 17.7 Å². The van der Waals surface area contributed by atoms with Crippen LogP contribution in [-0.4, -0.2) is 76.1 Å². The second-order valence-electron chi connectivity index (χ2n) is 12.5. The van der Waals surface area contributed by atoms with Gasteiger partial charge in [-0.3, -0.25) is 24.3 Å². The van der Waals surface area contributed by atoms with E-state index in [0.717, 1.165) is 48.1 Å². The largest absolute Gasteiger partial charge is 0.379 e. The van der Waals surface area contributed by atoms with Crippen LogP contribution in [0.3, 0.4) is 0 Å². The molecule has 4 heterocycles. The molecule has 1 atom stereocenters. The average Bonchev–Trinajstić information content (AvgIpc) is 3.73. The Morgan fingerprint density at radius 2 is 1.56 bits per heavy atom. The number of nitrogens with zero attached hydrogens (tertiary/aromatic N) is 4. The summed E-state index contributed by atoms with van der Waals surface area (Å²) in [5, 5.41) is 9.93. The summed E-state index contributed by atoms with van der Waals surface area (Å²) < 4.78 is 8.96. The molecule has 11 nitrogen and oxygen atoms in total. The van der Waals surface area contributed by atoms with Crippen LogP contribution in [0.1, 0.15) is 68.8 Å². The number of hydrogen-bond donors (Lipinski definition) is 3. The van der Waals surface area contributed by atoms with Crippen LogP contribution in [0.25, 0.3) is 23.1 Å². The van der Waals surface area contributed by atoms with Gasteiger partial charge in [0.15, 0.2) is 0 Å². The molecular formula is C39H43N7O4. The highest BCUT2D eigenvalue weighted by atomic mass is 16.5. The van der Waals surface area contributed by atoms with Gasteiger partial charge in [0.1, 0.15) is 11.4 Å². The SMILES string of the molecule is CCC(C)n1cc(NC(=O)c2cc(NC(=O)c3ccc(/C=C/c4cnc5ccccc5c4)cc3)cn2C)cc1C(=O)NCCN1CCOCC1. The first-order valence-electron chi connectivity index (χ1n) is 17.0. The van der Waals surface area contributed by atoms with Crippen molar-refractivity contribution in [2.75, 3.05) is 50.0 Å². The highest BCUT2D eigenvalue weighted by Crippen LogP contribution is 2.23. The lowest BCUT2D eigenvalue weighted by Gasteiger charge is -2.26. The number of aryl methyl sites for hydroxylation is 1. The Morgan fingerprint density at radius 1 is 0.860 bits per heavy atom. The lowest BCUT2D eigenvalue weighted by Crippen LogP contribution is -2.41. The standard InChI is InChI=1S/C39H43N7O4/c1-4-27(2)46-26-33(23-36(46)38(48)40-15-16-45-17-19-50-20-18-45)43-39(49)35-22-32(25-44(35)3)42-37(47)30-13-11-28(12-14-30)9-10-29-21-31-7-5-6-8-34(31)41-24-29/h5-14,21-27H,4,15-20H2,1-3H3,(H,40,48)(H,42,47)(H,43,49)/b10-9+. The Balaban J connectivity index is 1.06. The molecule has 1 saturated heterocycles. The number of ether oxygens (including phenoxy) is 1. The van der Waals surface area contributed by atoms with Crippen LogP contribution in [0.5, 0.6) is 0 Å². The average molecular weight is 674 g/mol. The van der Waals surface area contributed by atoms with Crippen LogP contribution in [0.2, 0.25) is 0 Å². The Labute approximate surface area is 291 Å². The maximum Gasteiger partial charge on any atom is 0.272 e. The highest BCUT2D eigenvalue weighted by molar-refractivity contribution is 6.07. The second-order valence-corrected chi connectivity index (χ2v) is 12.5. The van der Waals surface area contributed by atoms with E-state index in [1.807, 2.05) is 66.2 Å². The molecule has 6 rings (SSSR count). The maximum atomic E-state index is 13.4. The van der Waals surface area contributed by atoms with E-state index in [4.69, 9.17) is 4.74 Å². The third kappa shape index (κ3) is 8.36. The molecular weight excluding hydrogens is 630 g/mol. The molecule has 3 aromatic heterocycles. The van der Waals surface area contributed by atoms with Gasteiger partial charge in [-0.25, -0.2) is 0 Å². The minimum atomic E-state index is -0.355. The summed E-state index contributed by atoms with van der Waals surface area (Å²) in [6.45, 7) is 8.50. The van der Waals surface area contributed by atoms with Crippen LogP contribution < -0.4 is 16.0 Å². The Morgan fingerprint density at radius 3 is 2.34 bits per heavy atom. The van der Waals surface area contributed by atoms with Gasteiger partial charge >= 0.3 is 0 Å². The van der Waals surface area contributed by atoms with E-state index in [1.165, 1.54) is 0 Å². The summed E-state index contributed by atoms with van der Waals surface area (Å²) in [5.41, 5.74) is 5.24. The van der Waals surface area contributed by atoms with E-state index in [1.54, 1.807) is 48.3 Å². The summed E-state index contributed by atoms with van der Waals surface area (Å²) in [5.74, 6) is -0.827. The van der Waals surface area contributed by atoms with Crippen molar-refractivity contribution in [1.29, 1.82) is 0 Å². The number of nitrogens with one attached hydrogen (secondary N) is 3. The number of aromatic nitrogens is 3. The topological polar surface area (TPSA) is 123 Å². The quantitative estimate of drug-likeness (QED) is 0.148. The summed E-state index contributed by atoms with van der Waals surface area (Å²) >= 11 is 0. The van der Waals surface area contributed by atoms with Crippen LogP contribution in [0.4, 0.5) is 11.4 Å². The van der Waals surface area contributed by atoms with Crippen molar-refractivity contribution in [3.05, 3.63) is 113 Å². The van der Waals surface area contributed by atoms with Gasteiger partial charge < -0.3 is 29.8 Å². The Kier molecular flexibility index (Phi) is 10.9. The van der Waals surface area contributed by atoms with E-state index < -0.39 is 0 Å². The van der Waals surface area contributed by atoms with Crippen molar-refractivity contribution in [1.82, 2.24) is 24.3 Å². The molecule has 11 heteroatoms. The monoisotopic (exact) mass is 673 g/mol. The zero-order valence-corrected chi connectivity index (χ0v) is 28.7. The summed E-state index contributed by atoms with van der Waals surface area (Å²) in [6.07, 6.45) is 10.1. The number of fused-ring (bicyclic) bond motifs is 1. The van der Waals surface area contributed by atoms with Crippen LogP contribution in [-0.2, 0) is 11.8 Å². The van der Waals surface area contributed by atoms with Crippen molar-refractivity contribution in [2.24, 2.45) is 7.05 Å². The molecule has 0 aliphatic carbocycles. The predicted molar refractivity (Wildman–Crippen MR) is 197 cm³/mol. The van der Waals surface area contributed by atoms with E-state index in [-0.39, 0.29) is 23.8 Å². The molecule has 0 spiro atoms. The van der Waals surface area contributed by atoms with Gasteiger partial charge in [-0.2, -0.15) is 0 Å². The number of carbonyl (C=O) groups excluding carboxylic acids is 3. The van der Waals surface area contributed by atoms with Gasteiger partial charge in [-0.05, 0) is 60.9 Å². The van der Waals surface area contributed by atoms with Gasteiger partial charge in [-0.1, -0.05) is 49.4 Å². The second kappa shape index (κ2) is 15.8. The number of hydrogen-bond acceptors (Lipinski definition) is 6. The fraction of sp³-hybridized carbons (Fsp3) is 0.282. The normalized spacial score (nSPS) is 14.1. The first-order valence-corrected chi connectivity index (χ1v) is 17.0. The molecule has 0 radical (unpaired) electrons. The zero-order valence-electron chi connectivity index (χ0n) is 28.7. The fourth-order valence-corrected chi connectivity index (χ4v) is 5.91. The molecule has 1 aliphatic rings. The summed E-state index contributed by atoms with van der Waals surface area (Å²) in [4.78, 5) is 46.4. The number of rotatable bonds is 12. The molecule has 258 valence electrons. The predicted octanol–water partition coefficient (Wildman–Crippen LogP) is 6.08. The maximum absolute atomic E-state index is 13.4. The number of anilines is 2. The molecule has 3 amide bonds. The van der Waals surface area contributed by atoms with E-state index >= 15 is 0 Å². The minimum absolute atomic E-state index is 0.0597. The van der Waals surface area contributed by atoms with Crippen molar-refractivity contribution in [2.45, 2.75) is 26.3 Å².